The number of halogens is 2. The van der Waals surface area contributed by atoms with Gasteiger partial charge in [-0.05, 0) is 26.0 Å². The number of thiazole rings is 1. The summed E-state index contributed by atoms with van der Waals surface area (Å²) in [6.45, 7) is 4.41. The molecule has 0 atom stereocenters. The molecule has 0 saturated heterocycles. The predicted octanol–water partition coefficient (Wildman–Crippen LogP) is 3.65. The lowest BCUT2D eigenvalue weighted by Gasteiger charge is -2.04. The smallest absolute Gasteiger partial charge is 0.128 e. The fourth-order valence-corrected chi connectivity index (χ4v) is 2.32. The molecule has 0 bridgehead atoms. The van der Waals surface area contributed by atoms with Crippen LogP contribution in [0, 0.1) is 25.5 Å². The topological polar surface area (TPSA) is 24.9 Å². The molecule has 1 aromatic heterocycles. The SMILES string of the molecule is Cc1nc(CNc2cc(F)cc(F)c2)sc1C. The molecule has 0 unspecified atom stereocenters. The van der Waals surface area contributed by atoms with E-state index in [2.05, 4.69) is 10.3 Å². The second-order valence-electron chi connectivity index (χ2n) is 3.76. The van der Waals surface area contributed by atoms with Crippen LogP contribution in [0.5, 0.6) is 0 Å². The van der Waals surface area contributed by atoms with E-state index in [1.54, 1.807) is 11.3 Å². The quantitative estimate of drug-likeness (QED) is 0.904. The Labute approximate surface area is 102 Å². The van der Waals surface area contributed by atoms with E-state index in [4.69, 9.17) is 0 Å². The molecular formula is C12H12F2N2S. The third kappa shape index (κ3) is 3.00. The lowest BCUT2D eigenvalue weighted by Crippen LogP contribution is -1.99. The van der Waals surface area contributed by atoms with Crippen LogP contribution < -0.4 is 5.32 Å². The van der Waals surface area contributed by atoms with Gasteiger partial charge >= 0.3 is 0 Å². The normalized spacial score (nSPS) is 10.6. The molecule has 90 valence electrons. The van der Waals surface area contributed by atoms with Crippen LogP contribution in [0.1, 0.15) is 15.6 Å². The highest BCUT2D eigenvalue weighted by atomic mass is 32.1. The average molecular weight is 254 g/mol. The van der Waals surface area contributed by atoms with Crippen LogP contribution >= 0.6 is 11.3 Å². The number of nitrogens with zero attached hydrogens (tertiary/aromatic N) is 1. The zero-order chi connectivity index (χ0) is 12.4. The summed E-state index contributed by atoms with van der Waals surface area (Å²) in [6, 6.07) is 3.37. The minimum atomic E-state index is -0.584. The fraction of sp³-hybridized carbons (Fsp3) is 0.250. The molecule has 1 N–H and O–H groups in total. The van der Waals surface area contributed by atoms with Crippen LogP contribution in [0.25, 0.3) is 0 Å². The van der Waals surface area contributed by atoms with E-state index in [9.17, 15) is 8.78 Å². The number of hydrogen-bond acceptors (Lipinski definition) is 3. The Bertz CT molecular complexity index is 498. The van der Waals surface area contributed by atoms with E-state index in [0.29, 0.717) is 12.2 Å². The number of aromatic nitrogens is 1. The van der Waals surface area contributed by atoms with Crippen LogP contribution in [0.15, 0.2) is 18.2 Å². The Hall–Kier alpha value is -1.49. The maximum absolute atomic E-state index is 12.9. The van der Waals surface area contributed by atoms with E-state index < -0.39 is 11.6 Å². The van der Waals surface area contributed by atoms with Gasteiger partial charge in [-0.15, -0.1) is 11.3 Å². The molecular weight excluding hydrogens is 242 g/mol. The predicted molar refractivity (Wildman–Crippen MR) is 65.3 cm³/mol. The van der Waals surface area contributed by atoms with Crippen molar-refractivity contribution < 1.29 is 8.78 Å². The summed E-state index contributed by atoms with van der Waals surface area (Å²) in [7, 11) is 0. The Morgan fingerprint density at radius 1 is 1.18 bits per heavy atom. The number of hydrogen-bond donors (Lipinski definition) is 1. The van der Waals surface area contributed by atoms with Crippen LogP contribution in [0.4, 0.5) is 14.5 Å². The molecule has 2 aromatic rings. The van der Waals surface area contributed by atoms with Crippen LogP contribution in [0.2, 0.25) is 0 Å². The minimum Gasteiger partial charge on any atom is -0.378 e. The van der Waals surface area contributed by atoms with Crippen molar-refractivity contribution in [1.29, 1.82) is 0 Å². The van der Waals surface area contributed by atoms with Gasteiger partial charge in [-0.2, -0.15) is 0 Å². The van der Waals surface area contributed by atoms with Gasteiger partial charge in [-0.25, -0.2) is 13.8 Å². The Balaban J connectivity index is 2.07. The number of rotatable bonds is 3. The molecule has 0 fully saturated rings. The van der Waals surface area contributed by atoms with Crippen LogP contribution in [0.3, 0.4) is 0 Å². The zero-order valence-corrected chi connectivity index (χ0v) is 10.4. The van der Waals surface area contributed by atoms with Gasteiger partial charge < -0.3 is 5.32 Å². The molecule has 0 radical (unpaired) electrons. The first kappa shape index (κ1) is 12.0. The van der Waals surface area contributed by atoms with Gasteiger partial charge in [-0.3, -0.25) is 0 Å². The summed E-state index contributed by atoms with van der Waals surface area (Å²) in [6.07, 6.45) is 0. The third-order valence-electron chi connectivity index (χ3n) is 2.38. The molecule has 2 rings (SSSR count). The highest BCUT2D eigenvalue weighted by Gasteiger charge is 2.04. The maximum atomic E-state index is 12.9. The summed E-state index contributed by atoms with van der Waals surface area (Å²) in [4.78, 5) is 5.50. The first-order valence-corrected chi connectivity index (χ1v) is 5.99. The lowest BCUT2D eigenvalue weighted by molar-refractivity contribution is 0.584. The van der Waals surface area contributed by atoms with Crippen molar-refractivity contribution in [2.75, 3.05) is 5.32 Å². The first-order valence-electron chi connectivity index (χ1n) is 5.17. The van der Waals surface area contributed by atoms with Crippen molar-refractivity contribution in [2.24, 2.45) is 0 Å². The standard InChI is InChI=1S/C12H12F2N2S/c1-7-8(2)17-12(16-7)6-15-11-4-9(13)3-10(14)5-11/h3-5,15H,6H2,1-2H3. The van der Waals surface area contributed by atoms with Crippen molar-refractivity contribution in [2.45, 2.75) is 20.4 Å². The first-order chi connectivity index (χ1) is 8.04. The van der Waals surface area contributed by atoms with E-state index in [-0.39, 0.29) is 0 Å². The highest BCUT2D eigenvalue weighted by molar-refractivity contribution is 7.11. The van der Waals surface area contributed by atoms with Gasteiger partial charge in [0.15, 0.2) is 0 Å². The monoisotopic (exact) mass is 254 g/mol. The summed E-state index contributed by atoms with van der Waals surface area (Å²) in [5.41, 5.74) is 1.42. The number of benzene rings is 1. The largest absolute Gasteiger partial charge is 0.378 e. The molecule has 0 spiro atoms. The van der Waals surface area contributed by atoms with Crippen molar-refractivity contribution in [1.82, 2.24) is 4.98 Å². The van der Waals surface area contributed by atoms with Gasteiger partial charge in [0.05, 0.1) is 12.2 Å². The molecule has 5 heteroatoms. The summed E-state index contributed by atoms with van der Waals surface area (Å²) >= 11 is 1.58. The highest BCUT2D eigenvalue weighted by Crippen LogP contribution is 2.19. The van der Waals surface area contributed by atoms with Crippen LogP contribution in [-0.4, -0.2) is 4.98 Å². The molecule has 1 heterocycles. The van der Waals surface area contributed by atoms with Crippen LogP contribution in [-0.2, 0) is 6.54 Å². The van der Waals surface area contributed by atoms with Crippen molar-refractivity contribution >= 4 is 17.0 Å². The fourth-order valence-electron chi connectivity index (χ4n) is 1.45. The molecule has 0 aliphatic heterocycles. The summed E-state index contributed by atoms with van der Waals surface area (Å²) in [5.74, 6) is -1.17. The summed E-state index contributed by atoms with van der Waals surface area (Å²) < 4.78 is 25.9. The van der Waals surface area contributed by atoms with Crippen molar-refractivity contribution in [3.8, 4) is 0 Å². The second-order valence-corrected chi connectivity index (χ2v) is 5.05. The molecule has 0 amide bonds. The number of anilines is 1. The van der Waals surface area contributed by atoms with Gasteiger partial charge in [0.25, 0.3) is 0 Å². The van der Waals surface area contributed by atoms with Gasteiger partial charge in [0, 0.05) is 16.6 Å². The van der Waals surface area contributed by atoms with Gasteiger partial charge in [0.2, 0.25) is 0 Å². The third-order valence-corrected chi connectivity index (χ3v) is 3.45. The molecule has 17 heavy (non-hydrogen) atoms. The van der Waals surface area contributed by atoms with Crippen molar-refractivity contribution in [3.63, 3.8) is 0 Å². The van der Waals surface area contributed by atoms with E-state index in [1.807, 2.05) is 13.8 Å². The molecule has 0 saturated carbocycles. The minimum absolute atomic E-state index is 0.424. The Morgan fingerprint density at radius 3 is 2.35 bits per heavy atom. The molecule has 0 aliphatic carbocycles. The second kappa shape index (κ2) is 4.79. The maximum Gasteiger partial charge on any atom is 0.128 e. The molecule has 0 aliphatic rings. The van der Waals surface area contributed by atoms with E-state index >= 15 is 0 Å². The molecule has 2 nitrogen and oxygen atoms in total. The van der Waals surface area contributed by atoms with E-state index in [0.717, 1.165) is 21.6 Å². The average Bonchev–Trinajstić information content (AvgIpc) is 2.54. The number of nitrogens with one attached hydrogen (secondary N) is 1. The lowest BCUT2D eigenvalue weighted by atomic mass is 10.3. The van der Waals surface area contributed by atoms with E-state index in [1.165, 1.54) is 12.1 Å². The van der Waals surface area contributed by atoms with Crippen molar-refractivity contribution in [3.05, 3.63) is 45.4 Å². The summed E-state index contributed by atoms with van der Waals surface area (Å²) in [5, 5.41) is 3.86. The Morgan fingerprint density at radius 2 is 1.82 bits per heavy atom. The number of aryl methyl sites for hydroxylation is 2. The molecule has 1 aromatic carbocycles. The van der Waals surface area contributed by atoms with Gasteiger partial charge in [-0.1, -0.05) is 0 Å². The van der Waals surface area contributed by atoms with Gasteiger partial charge in [0.1, 0.15) is 16.6 Å². The Kier molecular flexibility index (Phi) is 3.38. The zero-order valence-electron chi connectivity index (χ0n) is 9.55.